The predicted molar refractivity (Wildman–Crippen MR) is 98.1 cm³/mol. The van der Waals surface area contributed by atoms with Gasteiger partial charge in [0.15, 0.2) is 5.17 Å². The SMILES string of the molecule is O=C(CC1C(=O)NCCN1C1CCCC1)NCC1=CSC2=NCCN12. The highest BCUT2D eigenvalue weighted by Crippen LogP contribution is 2.29. The van der Waals surface area contributed by atoms with E-state index in [1.54, 1.807) is 11.8 Å². The molecule has 1 saturated carbocycles. The third-order valence-electron chi connectivity index (χ3n) is 5.46. The summed E-state index contributed by atoms with van der Waals surface area (Å²) < 4.78 is 0. The summed E-state index contributed by atoms with van der Waals surface area (Å²) in [6, 6.07) is 0.133. The lowest BCUT2D eigenvalue weighted by Gasteiger charge is -2.38. The first-order chi connectivity index (χ1) is 12.2. The van der Waals surface area contributed by atoms with Crippen molar-refractivity contribution < 1.29 is 9.59 Å². The average Bonchev–Trinajstić information content (AvgIpc) is 3.33. The molecule has 2 N–H and O–H groups in total. The molecule has 0 radical (unpaired) electrons. The number of fused-ring (bicyclic) bond motifs is 1. The van der Waals surface area contributed by atoms with Gasteiger partial charge in [0.25, 0.3) is 0 Å². The Hall–Kier alpha value is -1.54. The Morgan fingerprint density at radius 3 is 3.04 bits per heavy atom. The van der Waals surface area contributed by atoms with E-state index >= 15 is 0 Å². The van der Waals surface area contributed by atoms with E-state index in [1.807, 2.05) is 0 Å². The Morgan fingerprint density at radius 2 is 2.20 bits per heavy atom. The van der Waals surface area contributed by atoms with Crippen molar-refractivity contribution in [1.29, 1.82) is 0 Å². The summed E-state index contributed by atoms with van der Waals surface area (Å²) in [5, 5.41) is 8.99. The summed E-state index contributed by atoms with van der Waals surface area (Å²) in [5.74, 6) is -0.0570. The molecule has 0 spiro atoms. The summed E-state index contributed by atoms with van der Waals surface area (Å²) in [6.07, 6.45) is 4.99. The molecule has 25 heavy (non-hydrogen) atoms. The van der Waals surface area contributed by atoms with Crippen LogP contribution in [0.5, 0.6) is 0 Å². The van der Waals surface area contributed by atoms with Gasteiger partial charge in [-0.3, -0.25) is 19.5 Å². The van der Waals surface area contributed by atoms with Crippen molar-refractivity contribution in [1.82, 2.24) is 20.4 Å². The zero-order valence-electron chi connectivity index (χ0n) is 14.4. The number of carbonyl (C=O) groups excluding carboxylic acids is 2. The second kappa shape index (κ2) is 7.37. The van der Waals surface area contributed by atoms with Crippen molar-refractivity contribution in [3.63, 3.8) is 0 Å². The predicted octanol–water partition coefficient (Wildman–Crippen LogP) is 0.496. The van der Waals surface area contributed by atoms with Crippen molar-refractivity contribution in [2.45, 2.75) is 44.2 Å². The van der Waals surface area contributed by atoms with E-state index in [2.05, 4.69) is 30.8 Å². The van der Waals surface area contributed by atoms with Gasteiger partial charge in [-0.25, -0.2) is 0 Å². The topological polar surface area (TPSA) is 77.0 Å². The minimum Gasteiger partial charge on any atom is -0.353 e. The lowest BCUT2D eigenvalue weighted by molar-refractivity contribution is -0.135. The van der Waals surface area contributed by atoms with Crippen LogP contribution in [-0.2, 0) is 9.59 Å². The van der Waals surface area contributed by atoms with Gasteiger partial charge < -0.3 is 15.5 Å². The molecule has 8 heteroatoms. The molecule has 0 aromatic rings. The number of aliphatic imine (C=N–C) groups is 1. The van der Waals surface area contributed by atoms with Crippen LogP contribution in [0.25, 0.3) is 0 Å². The number of rotatable bonds is 5. The largest absolute Gasteiger partial charge is 0.353 e. The normalized spacial score (nSPS) is 27.1. The number of amidine groups is 1. The minimum atomic E-state index is -0.326. The van der Waals surface area contributed by atoms with E-state index in [9.17, 15) is 9.59 Å². The fourth-order valence-corrected chi connectivity index (χ4v) is 5.12. The van der Waals surface area contributed by atoms with Gasteiger partial charge in [0.2, 0.25) is 11.8 Å². The van der Waals surface area contributed by atoms with E-state index in [1.165, 1.54) is 12.8 Å². The highest BCUT2D eigenvalue weighted by molar-refractivity contribution is 8.16. The van der Waals surface area contributed by atoms with Crippen molar-refractivity contribution in [3.05, 3.63) is 11.1 Å². The monoisotopic (exact) mass is 363 g/mol. The highest BCUT2D eigenvalue weighted by atomic mass is 32.2. The Morgan fingerprint density at radius 1 is 1.36 bits per heavy atom. The third-order valence-corrected chi connectivity index (χ3v) is 6.41. The Balaban J connectivity index is 1.32. The van der Waals surface area contributed by atoms with Crippen LogP contribution < -0.4 is 10.6 Å². The van der Waals surface area contributed by atoms with Crippen LogP contribution in [0, 0.1) is 0 Å². The van der Waals surface area contributed by atoms with Crippen molar-refractivity contribution in [2.75, 3.05) is 32.7 Å². The Labute approximate surface area is 152 Å². The van der Waals surface area contributed by atoms with Crippen LogP contribution in [0.15, 0.2) is 16.1 Å². The first kappa shape index (κ1) is 16.9. The van der Waals surface area contributed by atoms with Gasteiger partial charge in [-0.05, 0) is 12.8 Å². The summed E-state index contributed by atoms with van der Waals surface area (Å²) in [6.45, 7) is 3.76. The fourth-order valence-electron chi connectivity index (χ4n) is 4.17. The number of piperazine rings is 1. The molecule has 4 rings (SSSR count). The minimum absolute atomic E-state index is 0.00194. The quantitative estimate of drug-likeness (QED) is 0.744. The maximum atomic E-state index is 12.5. The van der Waals surface area contributed by atoms with Gasteiger partial charge in [-0.15, -0.1) is 0 Å². The van der Waals surface area contributed by atoms with Crippen molar-refractivity contribution in [3.8, 4) is 0 Å². The first-order valence-electron chi connectivity index (χ1n) is 9.20. The molecule has 0 bridgehead atoms. The van der Waals surface area contributed by atoms with Crippen LogP contribution in [0.3, 0.4) is 0 Å². The van der Waals surface area contributed by atoms with E-state index in [-0.39, 0.29) is 24.3 Å². The number of amides is 2. The van der Waals surface area contributed by atoms with Gasteiger partial charge in [-0.2, -0.15) is 0 Å². The van der Waals surface area contributed by atoms with Crippen LogP contribution in [0.2, 0.25) is 0 Å². The van der Waals surface area contributed by atoms with E-state index in [0.717, 1.165) is 43.3 Å². The number of nitrogens with zero attached hydrogens (tertiary/aromatic N) is 3. The molecule has 0 aromatic carbocycles. The van der Waals surface area contributed by atoms with Gasteiger partial charge in [0, 0.05) is 36.8 Å². The molecule has 136 valence electrons. The summed E-state index contributed by atoms with van der Waals surface area (Å²) in [5.41, 5.74) is 1.09. The molecule has 2 fully saturated rings. The summed E-state index contributed by atoms with van der Waals surface area (Å²) >= 11 is 1.62. The molecule has 3 heterocycles. The second-order valence-corrected chi connectivity index (χ2v) is 7.84. The molecular formula is C17H25N5O2S. The molecule has 1 saturated heterocycles. The van der Waals surface area contributed by atoms with Crippen molar-refractivity contribution >= 4 is 28.7 Å². The lowest BCUT2D eigenvalue weighted by Crippen LogP contribution is -2.59. The molecule has 1 atom stereocenters. The number of hydrogen-bond acceptors (Lipinski definition) is 6. The molecule has 0 aromatic heterocycles. The molecule has 1 unspecified atom stereocenters. The number of nitrogens with one attached hydrogen (secondary N) is 2. The van der Waals surface area contributed by atoms with Crippen LogP contribution in [0.1, 0.15) is 32.1 Å². The van der Waals surface area contributed by atoms with Gasteiger partial charge in [0.05, 0.1) is 25.6 Å². The first-order valence-corrected chi connectivity index (χ1v) is 10.1. The van der Waals surface area contributed by atoms with Gasteiger partial charge in [-0.1, -0.05) is 24.6 Å². The molecule has 2 amide bonds. The Kier molecular flexibility index (Phi) is 4.98. The average molecular weight is 363 g/mol. The maximum Gasteiger partial charge on any atom is 0.237 e. The summed E-state index contributed by atoms with van der Waals surface area (Å²) in [4.78, 5) is 33.6. The zero-order valence-corrected chi connectivity index (χ0v) is 15.2. The van der Waals surface area contributed by atoms with Crippen LogP contribution in [-0.4, -0.2) is 71.6 Å². The number of hydrogen-bond donors (Lipinski definition) is 2. The Bertz CT molecular complexity index is 614. The van der Waals surface area contributed by atoms with E-state index < -0.39 is 0 Å². The van der Waals surface area contributed by atoms with E-state index in [4.69, 9.17) is 0 Å². The fraction of sp³-hybridized carbons (Fsp3) is 0.706. The molecule has 1 aliphatic carbocycles. The second-order valence-electron chi connectivity index (χ2n) is 7.01. The molecule has 3 aliphatic heterocycles. The molecule has 4 aliphatic rings. The van der Waals surface area contributed by atoms with Crippen molar-refractivity contribution in [2.24, 2.45) is 4.99 Å². The molecule has 7 nitrogen and oxygen atoms in total. The summed E-state index contributed by atoms with van der Waals surface area (Å²) in [7, 11) is 0. The third kappa shape index (κ3) is 3.55. The van der Waals surface area contributed by atoms with Gasteiger partial charge in [0.1, 0.15) is 0 Å². The number of carbonyl (C=O) groups is 2. The highest BCUT2D eigenvalue weighted by Gasteiger charge is 2.36. The van der Waals surface area contributed by atoms with Crippen LogP contribution >= 0.6 is 11.8 Å². The lowest BCUT2D eigenvalue weighted by atomic mass is 10.0. The maximum absolute atomic E-state index is 12.5. The van der Waals surface area contributed by atoms with Crippen LogP contribution in [0.4, 0.5) is 0 Å². The van der Waals surface area contributed by atoms with E-state index in [0.29, 0.717) is 19.1 Å². The zero-order chi connectivity index (χ0) is 17.2. The molecular weight excluding hydrogens is 338 g/mol. The number of thioether (sulfide) groups is 1. The smallest absolute Gasteiger partial charge is 0.237 e. The van der Waals surface area contributed by atoms with Gasteiger partial charge >= 0.3 is 0 Å². The standard InChI is InChI=1S/C17H25N5O2S/c23-15(20-10-13-11-25-17-19-6-8-22(13)17)9-14-16(24)18-5-7-21(14)12-3-1-2-4-12/h11-12,14H,1-10H2,(H,18,24)(H,20,23).